The second kappa shape index (κ2) is 8.76. The molecule has 4 rings (SSSR count). The summed E-state index contributed by atoms with van der Waals surface area (Å²) in [5, 5.41) is 16.5. The molecule has 1 aliphatic rings. The number of rotatable bonds is 6. The van der Waals surface area contributed by atoms with Crippen LogP contribution in [0.25, 0.3) is 11.0 Å². The molecule has 1 saturated carbocycles. The number of carbonyl (C=O) groups is 1. The quantitative estimate of drug-likeness (QED) is 0.329. The average molecular weight is 392 g/mol. The molecule has 5 heteroatoms. The zero-order valence-corrected chi connectivity index (χ0v) is 17.1. The van der Waals surface area contributed by atoms with Gasteiger partial charge in [0.25, 0.3) is 0 Å². The van der Waals surface area contributed by atoms with Crippen LogP contribution in [-0.2, 0) is 0 Å². The first-order valence-electron chi connectivity index (χ1n) is 10.9. The zero-order valence-electron chi connectivity index (χ0n) is 17.1. The molecule has 0 spiro atoms. The zero-order chi connectivity index (χ0) is 20.2. The second-order valence-corrected chi connectivity index (χ2v) is 8.29. The van der Waals surface area contributed by atoms with E-state index in [0.29, 0.717) is 27.4 Å². The van der Waals surface area contributed by atoms with Gasteiger partial charge in [-0.1, -0.05) is 56.9 Å². The van der Waals surface area contributed by atoms with Gasteiger partial charge in [-0.2, -0.15) is 0 Å². The molecule has 0 unspecified atom stereocenters. The van der Waals surface area contributed by atoms with Gasteiger partial charge in [0.2, 0.25) is 11.0 Å². The minimum absolute atomic E-state index is 0.396. The molecule has 0 aliphatic heterocycles. The summed E-state index contributed by atoms with van der Waals surface area (Å²) in [6, 6.07) is 14.7. The first-order chi connectivity index (χ1) is 14.2. The van der Waals surface area contributed by atoms with Gasteiger partial charge in [0.15, 0.2) is 0 Å². The average Bonchev–Trinajstić information content (AvgIpc) is 3.11. The van der Waals surface area contributed by atoms with E-state index in [0.717, 1.165) is 10.7 Å². The number of nitrogens with zero attached hydrogens (tertiary/aromatic N) is 3. The van der Waals surface area contributed by atoms with E-state index in [1.807, 2.05) is 24.3 Å². The summed E-state index contributed by atoms with van der Waals surface area (Å²) < 4.78 is 0. The minimum atomic E-state index is -0.401. The van der Waals surface area contributed by atoms with Crippen LogP contribution in [0.1, 0.15) is 80.1 Å². The molecule has 152 valence electrons. The highest BCUT2D eigenvalue weighted by molar-refractivity contribution is 5.95. The topological polar surface area (TPSA) is 61.8 Å². The Morgan fingerprint density at radius 3 is 2.48 bits per heavy atom. The van der Waals surface area contributed by atoms with Crippen molar-refractivity contribution in [3.63, 3.8) is 0 Å². The molecule has 0 bridgehead atoms. The lowest BCUT2D eigenvalue weighted by Crippen LogP contribution is -2.42. The smallest absolute Gasteiger partial charge is 0.337 e. The molecule has 0 radical (unpaired) electrons. The molecular weight excluding hydrogens is 362 g/mol. The first-order valence-corrected chi connectivity index (χ1v) is 10.9. The van der Waals surface area contributed by atoms with Crippen LogP contribution >= 0.6 is 0 Å². The fourth-order valence-electron chi connectivity index (χ4n) is 4.56. The van der Waals surface area contributed by atoms with E-state index in [4.69, 9.17) is 0 Å². The molecule has 2 aromatic carbocycles. The van der Waals surface area contributed by atoms with E-state index in [1.54, 1.807) is 24.3 Å². The third-order valence-electron chi connectivity index (χ3n) is 6.34. The largest absolute Gasteiger partial charge is 0.692 e. The van der Waals surface area contributed by atoms with Crippen molar-refractivity contribution in [2.45, 2.75) is 64.2 Å². The van der Waals surface area contributed by atoms with Gasteiger partial charge in [-0.3, -0.25) is 4.79 Å². The van der Waals surface area contributed by atoms with E-state index < -0.39 is 5.91 Å². The summed E-state index contributed by atoms with van der Waals surface area (Å²) in [7, 11) is 0. The van der Waals surface area contributed by atoms with Crippen molar-refractivity contribution >= 4 is 16.9 Å². The monoisotopic (exact) mass is 391 g/mol. The fourth-order valence-corrected chi connectivity index (χ4v) is 4.56. The molecule has 0 amide bonds. The summed E-state index contributed by atoms with van der Waals surface area (Å²) >= 11 is 0. The number of carbonyl (C=O) groups excluding carboxylic acids is 1. The maximum atomic E-state index is 12.8. The molecule has 0 saturated heterocycles. The molecule has 1 heterocycles. The molecule has 1 aromatic heterocycles. The van der Waals surface area contributed by atoms with Gasteiger partial charge >= 0.3 is 5.91 Å². The third kappa shape index (κ3) is 4.19. The molecule has 1 fully saturated rings. The number of unbranched alkanes of at least 4 members (excludes halogenated alkanes) is 2. The van der Waals surface area contributed by atoms with E-state index in [-0.39, 0.29) is 0 Å². The molecule has 29 heavy (non-hydrogen) atoms. The molecule has 5 nitrogen and oxygen atoms in total. The van der Waals surface area contributed by atoms with Gasteiger partial charge in [-0.05, 0) is 67.3 Å². The predicted molar refractivity (Wildman–Crippen MR) is 114 cm³/mol. The van der Waals surface area contributed by atoms with Crippen LogP contribution in [-0.4, -0.2) is 15.8 Å². The van der Waals surface area contributed by atoms with Gasteiger partial charge in [0, 0.05) is 10.4 Å². The van der Waals surface area contributed by atoms with Crippen molar-refractivity contribution in [1.29, 1.82) is 0 Å². The van der Waals surface area contributed by atoms with Crippen LogP contribution in [0.15, 0.2) is 48.5 Å². The summed E-state index contributed by atoms with van der Waals surface area (Å²) in [5.41, 5.74) is 2.70. The van der Waals surface area contributed by atoms with Gasteiger partial charge in [0.1, 0.15) is 0 Å². The molecule has 0 atom stereocenters. The number of para-hydroxylation sites is 1. The standard InChI is InChI=1S/C24H29N3O2/c1-2-3-4-7-18-10-12-19(13-11-18)20-14-16-21(17-15-20)24(28)26-25-22-8-5-6-9-23(22)27(26)29/h5-6,8-9,14-19H,2-4,7,10-13H2,1H3. The SMILES string of the molecule is CCCCCC1CCC(c2ccc(C(=O)n3nc4ccccc4[n+]3[O-])cc2)CC1. The van der Waals surface area contributed by atoms with Crippen molar-refractivity contribution in [3.05, 3.63) is 64.9 Å². The van der Waals surface area contributed by atoms with Crippen molar-refractivity contribution in [3.8, 4) is 0 Å². The maximum absolute atomic E-state index is 12.8. The van der Waals surface area contributed by atoms with Crippen LogP contribution in [0.3, 0.4) is 0 Å². The van der Waals surface area contributed by atoms with Crippen molar-refractivity contribution in [2.75, 3.05) is 0 Å². The van der Waals surface area contributed by atoms with E-state index in [1.165, 1.54) is 56.9 Å². The Morgan fingerprint density at radius 1 is 1.07 bits per heavy atom. The fraction of sp³-hybridized carbons (Fsp3) is 0.458. The lowest BCUT2D eigenvalue weighted by atomic mass is 9.77. The minimum Gasteiger partial charge on any atom is -0.692 e. The number of fused-ring (bicyclic) bond motifs is 1. The number of aromatic nitrogens is 3. The molecular formula is C24H29N3O2. The predicted octanol–water partition coefficient (Wildman–Crippen LogP) is 5.21. The van der Waals surface area contributed by atoms with Crippen LogP contribution in [0.4, 0.5) is 0 Å². The highest BCUT2D eigenvalue weighted by Gasteiger charge is 2.24. The van der Waals surface area contributed by atoms with E-state index in [2.05, 4.69) is 12.0 Å². The van der Waals surface area contributed by atoms with Crippen LogP contribution in [0.2, 0.25) is 0 Å². The Balaban J connectivity index is 1.41. The Kier molecular flexibility index (Phi) is 5.93. The number of hydrogen-bond acceptors (Lipinski definition) is 3. The first kappa shape index (κ1) is 19.6. The Morgan fingerprint density at radius 2 is 1.79 bits per heavy atom. The normalized spacial score (nSPS) is 19.5. The Hall–Kier alpha value is -2.69. The summed E-state index contributed by atoms with van der Waals surface area (Å²) in [6.07, 6.45) is 10.5. The Bertz CT molecular complexity index is 969. The highest BCUT2D eigenvalue weighted by atomic mass is 16.5. The van der Waals surface area contributed by atoms with E-state index >= 15 is 0 Å². The van der Waals surface area contributed by atoms with Gasteiger partial charge < -0.3 is 5.21 Å². The number of hydrogen-bond donors (Lipinski definition) is 0. The molecule has 1 aliphatic carbocycles. The summed E-state index contributed by atoms with van der Waals surface area (Å²) in [6.45, 7) is 2.26. The van der Waals surface area contributed by atoms with Crippen LogP contribution in [0, 0.1) is 11.1 Å². The molecule has 3 aromatic rings. The maximum Gasteiger partial charge on any atom is 0.337 e. The molecule has 0 N–H and O–H groups in total. The Labute approximate surface area is 171 Å². The summed E-state index contributed by atoms with van der Waals surface area (Å²) in [5.74, 6) is 1.07. The summed E-state index contributed by atoms with van der Waals surface area (Å²) in [4.78, 5) is 14.2. The van der Waals surface area contributed by atoms with Crippen molar-refractivity contribution in [1.82, 2.24) is 9.90 Å². The number of benzene rings is 2. The van der Waals surface area contributed by atoms with Crippen LogP contribution < -0.4 is 4.85 Å². The third-order valence-corrected chi connectivity index (χ3v) is 6.34. The second-order valence-electron chi connectivity index (χ2n) is 8.29. The van der Waals surface area contributed by atoms with Crippen LogP contribution in [0.5, 0.6) is 0 Å². The van der Waals surface area contributed by atoms with Gasteiger partial charge in [0.05, 0.1) is 5.10 Å². The lowest BCUT2D eigenvalue weighted by Gasteiger charge is -2.29. The van der Waals surface area contributed by atoms with Crippen molar-refractivity contribution in [2.24, 2.45) is 5.92 Å². The lowest BCUT2D eigenvalue weighted by molar-refractivity contribution is -0.661. The van der Waals surface area contributed by atoms with E-state index in [9.17, 15) is 10.0 Å². The highest BCUT2D eigenvalue weighted by Crippen LogP contribution is 2.37. The van der Waals surface area contributed by atoms with Gasteiger partial charge in [-0.25, -0.2) is 0 Å². The van der Waals surface area contributed by atoms with Crippen molar-refractivity contribution < 1.29 is 9.64 Å². The van der Waals surface area contributed by atoms with Gasteiger partial charge in [-0.15, -0.1) is 4.85 Å².